The highest BCUT2D eigenvalue weighted by molar-refractivity contribution is 7.92. The average Bonchev–Trinajstić information content (AvgIpc) is 2.81. The van der Waals surface area contributed by atoms with Crippen LogP contribution in [0.25, 0.3) is 0 Å². The Kier molecular flexibility index (Phi) is 11.0. The normalized spacial score (nSPS) is 12.2. The summed E-state index contributed by atoms with van der Waals surface area (Å²) >= 11 is 12.7. The van der Waals surface area contributed by atoms with Gasteiger partial charge >= 0.3 is 0 Å². The number of halogens is 2. The van der Waals surface area contributed by atoms with Gasteiger partial charge in [0, 0.05) is 34.3 Å². The van der Waals surface area contributed by atoms with E-state index < -0.39 is 28.5 Å². The molecule has 11 heteroatoms. The second-order valence-electron chi connectivity index (χ2n) is 9.16. The SMILES string of the molecule is CCC(C(=O)NCC(C)C)N(Cc1c(Cl)cccc1Cl)C(=O)CN(c1cccc(C(C)=O)c1)S(C)(=O)=O. The second-order valence-corrected chi connectivity index (χ2v) is 11.9. The molecule has 202 valence electrons. The summed E-state index contributed by atoms with van der Waals surface area (Å²) in [5, 5.41) is 3.48. The van der Waals surface area contributed by atoms with Gasteiger partial charge in [-0.05, 0) is 43.5 Å². The number of benzene rings is 2. The lowest BCUT2D eigenvalue weighted by atomic mass is 10.1. The number of hydrogen-bond acceptors (Lipinski definition) is 5. The molecular weight excluding hydrogens is 537 g/mol. The molecule has 1 unspecified atom stereocenters. The zero-order chi connectivity index (χ0) is 27.9. The van der Waals surface area contributed by atoms with E-state index in [4.69, 9.17) is 23.2 Å². The van der Waals surface area contributed by atoms with E-state index in [2.05, 4.69) is 5.32 Å². The first kappa shape index (κ1) is 30.6. The highest BCUT2D eigenvalue weighted by Gasteiger charge is 2.32. The van der Waals surface area contributed by atoms with Gasteiger partial charge in [0.15, 0.2) is 5.78 Å². The lowest BCUT2D eigenvalue weighted by Crippen LogP contribution is -2.52. The fraction of sp³-hybridized carbons (Fsp3) is 0.423. The van der Waals surface area contributed by atoms with Crippen molar-refractivity contribution in [2.45, 2.75) is 46.7 Å². The van der Waals surface area contributed by atoms with Crippen molar-refractivity contribution in [3.05, 3.63) is 63.6 Å². The first-order valence-electron chi connectivity index (χ1n) is 11.8. The van der Waals surface area contributed by atoms with Crippen LogP contribution < -0.4 is 9.62 Å². The van der Waals surface area contributed by atoms with Gasteiger partial charge in [0.05, 0.1) is 11.9 Å². The van der Waals surface area contributed by atoms with E-state index in [1.807, 2.05) is 13.8 Å². The summed E-state index contributed by atoms with van der Waals surface area (Å²) in [6.45, 7) is 6.76. The van der Waals surface area contributed by atoms with Gasteiger partial charge in [-0.25, -0.2) is 8.42 Å². The minimum absolute atomic E-state index is 0.101. The maximum atomic E-state index is 13.7. The van der Waals surface area contributed by atoms with E-state index in [1.54, 1.807) is 37.3 Å². The molecule has 0 aliphatic carbocycles. The Hall–Kier alpha value is -2.62. The summed E-state index contributed by atoms with van der Waals surface area (Å²) in [5.41, 5.74) is 0.910. The van der Waals surface area contributed by atoms with Gasteiger partial charge in [-0.15, -0.1) is 0 Å². The van der Waals surface area contributed by atoms with Crippen LogP contribution in [0, 0.1) is 5.92 Å². The molecule has 0 bridgehead atoms. The summed E-state index contributed by atoms with van der Waals surface area (Å²) in [6, 6.07) is 10.0. The highest BCUT2D eigenvalue weighted by atomic mass is 35.5. The van der Waals surface area contributed by atoms with Crippen molar-refractivity contribution in [3.8, 4) is 0 Å². The third-order valence-corrected chi connectivity index (χ3v) is 7.53. The lowest BCUT2D eigenvalue weighted by Gasteiger charge is -2.33. The number of anilines is 1. The summed E-state index contributed by atoms with van der Waals surface area (Å²) < 4.78 is 26.4. The zero-order valence-electron chi connectivity index (χ0n) is 21.6. The van der Waals surface area contributed by atoms with Crippen LogP contribution in [-0.2, 0) is 26.2 Å². The number of carbonyl (C=O) groups is 3. The number of amides is 2. The molecule has 1 N–H and O–H groups in total. The van der Waals surface area contributed by atoms with E-state index in [1.165, 1.54) is 24.0 Å². The molecule has 0 fully saturated rings. The van der Waals surface area contributed by atoms with Crippen LogP contribution in [0.1, 0.15) is 50.0 Å². The Morgan fingerprint density at radius 3 is 2.14 bits per heavy atom. The van der Waals surface area contributed by atoms with Crippen LogP contribution in [-0.4, -0.2) is 56.3 Å². The Labute approximate surface area is 229 Å². The smallest absolute Gasteiger partial charge is 0.244 e. The monoisotopic (exact) mass is 569 g/mol. The molecule has 8 nitrogen and oxygen atoms in total. The van der Waals surface area contributed by atoms with Crippen LogP contribution in [0.4, 0.5) is 5.69 Å². The summed E-state index contributed by atoms with van der Waals surface area (Å²) in [5.74, 6) is -1.04. The molecule has 2 aromatic rings. The van der Waals surface area contributed by atoms with Gasteiger partial charge < -0.3 is 10.2 Å². The summed E-state index contributed by atoms with van der Waals surface area (Å²) in [6.07, 6.45) is 1.25. The van der Waals surface area contributed by atoms with Crippen molar-refractivity contribution in [3.63, 3.8) is 0 Å². The zero-order valence-corrected chi connectivity index (χ0v) is 24.0. The van der Waals surface area contributed by atoms with Crippen LogP contribution in [0.15, 0.2) is 42.5 Å². The Balaban J connectivity index is 2.52. The van der Waals surface area contributed by atoms with E-state index in [-0.39, 0.29) is 36.3 Å². The van der Waals surface area contributed by atoms with Crippen molar-refractivity contribution < 1.29 is 22.8 Å². The minimum atomic E-state index is -3.93. The van der Waals surface area contributed by atoms with Crippen LogP contribution in [0.3, 0.4) is 0 Å². The molecule has 0 spiro atoms. The second kappa shape index (κ2) is 13.3. The molecule has 0 aliphatic heterocycles. The Morgan fingerprint density at radius 2 is 1.62 bits per heavy atom. The average molecular weight is 571 g/mol. The number of hydrogen-bond donors (Lipinski definition) is 1. The minimum Gasteiger partial charge on any atom is -0.354 e. The number of nitrogens with zero attached hydrogens (tertiary/aromatic N) is 2. The van der Waals surface area contributed by atoms with Gasteiger partial charge in [-0.2, -0.15) is 0 Å². The molecule has 2 amide bonds. The van der Waals surface area contributed by atoms with E-state index in [0.29, 0.717) is 27.7 Å². The summed E-state index contributed by atoms with van der Waals surface area (Å²) in [7, 11) is -3.93. The molecule has 37 heavy (non-hydrogen) atoms. The van der Waals surface area contributed by atoms with Crippen LogP contribution in [0.2, 0.25) is 10.0 Å². The van der Waals surface area contributed by atoms with Crippen LogP contribution >= 0.6 is 23.2 Å². The largest absolute Gasteiger partial charge is 0.354 e. The third-order valence-electron chi connectivity index (χ3n) is 5.68. The van der Waals surface area contributed by atoms with Crippen molar-refractivity contribution in [2.75, 3.05) is 23.7 Å². The van der Waals surface area contributed by atoms with Gasteiger partial charge in [0.25, 0.3) is 0 Å². The van der Waals surface area contributed by atoms with Gasteiger partial charge in [0.2, 0.25) is 21.8 Å². The maximum Gasteiger partial charge on any atom is 0.244 e. The van der Waals surface area contributed by atoms with Gasteiger partial charge in [-0.1, -0.05) is 62.2 Å². The standard InChI is InChI=1S/C26H33Cl2N3O5S/c1-6-24(26(34)29-14-17(2)3)30(15-21-22(27)11-8-12-23(21)28)25(33)16-31(37(5,35)36)20-10-7-9-19(13-20)18(4)32/h7-13,17,24H,6,14-16H2,1-5H3,(H,29,34). The van der Waals surface area contributed by atoms with Crippen molar-refractivity contribution in [1.29, 1.82) is 0 Å². The fourth-order valence-electron chi connectivity index (χ4n) is 3.69. The predicted octanol–water partition coefficient (Wildman–Crippen LogP) is 4.54. The summed E-state index contributed by atoms with van der Waals surface area (Å²) in [4.78, 5) is 40.0. The Bertz CT molecular complexity index is 1230. The quantitative estimate of drug-likeness (QED) is 0.378. The van der Waals surface area contributed by atoms with E-state index in [0.717, 1.165) is 10.6 Å². The first-order chi connectivity index (χ1) is 17.3. The van der Waals surface area contributed by atoms with Crippen molar-refractivity contribution in [1.82, 2.24) is 10.2 Å². The fourth-order valence-corrected chi connectivity index (χ4v) is 5.05. The molecule has 2 rings (SSSR count). The molecule has 0 radical (unpaired) electrons. The van der Waals surface area contributed by atoms with Gasteiger partial charge in [-0.3, -0.25) is 18.7 Å². The molecule has 0 saturated heterocycles. The number of rotatable bonds is 12. The number of carbonyl (C=O) groups excluding carboxylic acids is 3. The number of ketones is 1. The third kappa shape index (κ3) is 8.45. The molecule has 0 aliphatic rings. The predicted molar refractivity (Wildman–Crippen MR) is 148 cm³/mol. The first-order valence-corrected chi connectivity index (χ1v) is 14.4. The molecule has 0 saturated carbocycles. The molecule has 0 heterocycles. The number of sulfonamides is 1. The van der Waals surface area contributed by atoms with Gasteiger partial charge in [0.1, 0.15) is 12.6 Å². The van der Waals surface area contributed by atoms with E-state index in [9.17, 15) is 22.8 Å². The maximum absolute atomic E-state index is 13.7. The number of nitrogens with one attached hydrogen (secondary N) is 1. The molecular formula is C26H33Cl2N3O5S. The number of Topliss-reactive ketones (excluding diaryl/α,β-unsaturated/α-hetero) is 1. The highest BCUT2D eigenvalue weighted by Crippen LogP contribution is 2.28. The topological polar surface area (TPSA) is 104 Å². The van der Waals surface area contributed by atoms with Crippen LogP contribution in [0.5, 0.6) is 0 Å². The Morgan fingerprint density at radius 1 is 1.03 bits per heavy atom. The van der Waals surface area contributed by atoms with Crippen molar-refractivity contribution in [2.24, 2.45) is 5.92 Å². The van der Waals surface area contributed by atoms with E-state index >= 15 is 0 Å². The lowest BCUT2D eigenvalue weighted by molar-refractivity contribution is -0.140. The van der Waals surface area contributed by atoms with Crippen molar-refractivity contribution >= 4 is 56.5 Å². The molecule has 0 aromatic heterocycles. The molecule has 2 aromatic carbocycles. The molecule has 1 atom stereocenters.